The number of hydrogen-bond acceptors (Lipinski definition) is 9. The first kappa shape index (κ1) is 18.8. The van der Waals surface area contributed by atoms with Gasteiger partial charge in [-0.2, -0.15) is 10.5 Å². The highest BCUT2D eigenvalue weighted by Gasteiger charge is 2.55. The van der Waals surface area contributed by atoms with Gasteiger partial charge in [-0.3, -0.25) is 14.3 Å². The van der Waals surface area contributed by atoms with Crippen molar-refractivity contribution in [2.24, 2.45) is 0 Å². The fourth-order valence-electron chi connectivity index (χ4n) is 2.48. The number of nitrogens with one attached hydrogen (secondary N) is 2. The van der Waals surface area contributed by atoms with Gasteiger partial charge in [0, 0.05) is 0 Å². The van der Waals surface area contributed by atoms with Crippen LogP contribution in [-0.4, -0.2) is 49.9 Å². The van der Waals surface area contributed by atoms with E-state index in [1.807, 2.05) is 6.92 Å². The van der Waals surface area contributed by atoms with E-state index in [9.17, 15) is 14.7 Å². The Balaban J connectivity index is 2.79. The van der Waals surface area contributed by atoms with Gasteiger partial charge in [0.2, 0.25) is 11.6 Å². The van der Waals surface area contributed by atoms with E-state index in [4.69, 9.17) is 15.3 Å². The lowest BCUT2D eigenvalue weighted by Gasteiger charge is -2.41. The molecule has 2 aromatic heterocycles. The Bertz CT molecular complexity index is 823. The lowest BCUT2D eigenvalue weighted by molar-refractivity contribution is -0.192. The summed E-state index contributed by atoms with van der Waals surface area (Å²) in [4.78, 5) is 40.1. The van der Waals surface area contributed by atoms with Crippen LogP contribution in [0.4, 0.5) is 5.95 Å². The zero-order valence-corrected chi connectivity index (χ0v) is 14.5. The standard InChI is InChI=1S/C14H22N6O5/c1-5-6-25-11(22)14(19-24-4,13(2,3)23)20-7-16-8-9(20)17-12(15)18-10(8)21/h7,19,23H,5-6H2,1-4H3,(H3,15,17,18,21)/t14-/m0/s1. The molecule has 0 aliphatic carbocycles. The van der Waals surface area contributed by atoms with E-state index >= 15 is 0 Å². The molecule has 11 heteroatoms. The number of aliphatic hydroxyl groups is 1. The third-order valence-corrected chi connectivity index (χ3v) is 3.65. The van der Waals surface area contributed by atoms with E-state index in [1.54, 1.807) is 0 Å². The number of aromatic amines is 1. The molecule has 0 spiro atoms. The van der Waals surface area contributed by atoms with Crippen molar-refractivity contribution in [1.82, 2.24) is 25.0 Å². The van der Waals surface area contributed by atoms with Gasteiger partial charge in [0.15, 0.2) is 11.2 Å². The normalized spacial score (nSPS) is 14.4. The van der Waals surface area contributed by atoms with Crippen LogP contribution in [0.1, 0.15) is 27.2 Å². The minimum atomic E-state index is -1.96. The molecule has 138 valence electrons. The Labute approximate surface area is 143 Å². The lowest BCUT2D eigenvalue weighted by Crippen LogP contribution is -2.66. The predicted octanol–water partition coefficient (Wildman–Crippen LogP) is -0.770. The summed E-state index contributed by atoms with van der Waals surface area (Å²) in [6.07, 6.45) is 1.76. The van der Waals surface area contributed by atoms with Crippen LogP contribution in [-0.2, 0) is 20.0 Å². The topological polar surface area (TPSA) is 157 Å². The lowest BCUT2D eigenvalue weighted by atomic mass is 9.91. The monoisotopic (exact) mass is 354 g/mol. The number of rotatable bonds is 7. The van der Waals surface area contributed by atoms with Crippen molar-refractivity contribution in [3.63, 3.8) is 0 Å². The van der Waals surface area contributed by atoms with Crippen LogP contribution in [0.3, 0.4) is 0 Å². The van der Waals surface area contributed by atoms with Crippen molar-refractivity contribution < 1.29 is 19.5 Å². The number of esters is 1. The van der Waals surface area contributed by atoms with Gasteiger partial charge < -0.3 is 20.4 Å². The second-order valence-corrected chi connectivity index (χ2v) is 5.95. The minimum absolute atomic E-state index is 0.0126. The second-order valence-electron chi connectivity index (χ2n) is 5.95. The van der Waals surface area contributed by atoms with Gasteiger partial charge >= 0.3 is 5.97 Å². The van der Waals surface area contributed by atoms with Gasteiger partial charge in [0.05, 0.1) is 20.0 Å². The molecule has 0 amide bonds. The van der Waals surface area contributed by atoms with Crippen molar-refractivity contribution >= 4 is 23.1 Å². The number of nitrogens with two attached hydrogens (primary N) is 1. The molecule has 0 unspecified atom stereocenters. The van der Waals surface area contributed by atoms with E-state index in [-0.39, 0.29) is 23.7 Å². The number of carbonyl (C=O) groups excluding carboxylic acids is 1. The van der Waals surface area contributed by atoms with Crippen LogP contribution in [0.2, 0.25) is 0 Å². The van der Waals surface area contributed by atoms with Crippen LogP contribution < -0.4 is 16.8 Å². The SMILES string of the molecule is CCCOC(=O)[C@](NOC)(n1cnc2c(=O)[nH]c(N)nc21)C(C)(C)O. The molecule has 2 aromatic rings. The first-order valence-electron chi connectivity index (χ1n) is 7.62. The Morgan fingerprint density at radius 1 is 1.52 bits per heavy atom. The molecule has 0 fully saturated rings. The minimum Gasteiger partial charge on any atom is -0.463 e. The summed E-state index contributed by atoms with van der Waals surface area (Å²) in [5.74, 6) is -0.994. The van der Waals surface area contributed by atoms with Crippen LogP contribution >= 0.6 is 0 Å². The van der Waals surface area contributed by atoms with E-state index in [1.165, 1.54) is 31.9 Å². The van der Waals surface area contributed by atoms with Crippen LogP contribution in [0, 0.1) is 0 Å². The molecule has 2 heterocycles. The summed E-state index contributed by atoms with van der Waals surface area (Å²) >= 11 is 0. The maximum Gasteiger partial charge on any atom is 0.352 e. The first-order valence-corrected chi connectivity index (χ1v) is 7.62. The van der Waals surface area contributed by atoms with Crippen molar-refractivity contribution in [2.45, 2.75) is 38.5 Å². The quantitative estimate of drug-likeness (QED) is 0.370. The van der Waals surface area contributed by atoms with Gasteiger partial charge in [-0.15, -0.1) is 0 Å². The van der Waals surface area contributed by atoms with E-state index in [2.05, 4.69) is 20.4 Å². The molecule has 0 aromatic carbocycles. The average Bonchev–Trinajstić information content (AvgIpc) is 2.93. The fourth-order valence-corrected chi connectivity index (χ4v) is 2.48. The number of carbonyl (C=O) groups is 1. The van der Waals surface area contributed by atoms with Gasteiger partial charge in [-0.05, 0) is 20.3 Å². The number of hydrogen-bond donors (Lipinski definition) is 4. The van der Waals surface area contributed by atoms with Crippen molar-refractivity contribution in [3.8, 4) is 0 Å². The molecule has 11 nitrogen and oxygen atoms in total. The summed E-state index contributed by atoms with van der Waals surface area (Å²) in [6.45, 7) is 4.73. The Hall–Kier alpha value is -2.50. The highest BCUT2D eigenvalue weighted by Crippen LogP contribution is 2.31. The maximum atomic E-state index is 12.9. The molecule has 0 aliphatic heterocycles. The number of nitrogen functional groups attached to an aromatic ring is 1. The van der Waals surface area contributed by atoms with Crippen molar-refractivity contribution in [3.05, 3.63) is 16.7 Å². The molecule has 0 saturated heterocycles. The van der Waals surface area contributed by atoms with Crippen LogP contribution in [0.25, 0.3) is 11.2 Å². The van der Waals surface area contributed by atoms with Gasteiger partial charge in [-0.25, -0.2) is 9.78 Å². The third kappa shape index (κ3) is 3.08. The zero-order chi connectivity index (χ0) is 18.8. The fraction of sp³-hybridized carbons (Fsp3) is 0.571. The number of imidazole rings is 1. The summed E-state index contributed by atoms with van der Waals surface area (Å²) in [5.41, 5.74) is 3.74. The summed E-state index contributed by atoms with van der Waals surface area (Å²) < 4.78 is 6.41. The largest absolute Gasteiger partial charge is 0.463 e. The van der Waals surface area contributed by atoms with E-state index in [0.29, 0.717) is 6.42 Å². The number of H-pyrrole nitrogens is 1. The molecule has 1 atom stereocenters. The Kier molecular flexibility index (Phi) is 5.11. The second kappa shape index (κ2) is 6.78. The number of nitrogens with zero attached hydrogens (tertiary/aromatic N) is 3. The Morgan fingerprint density at radius 3 is 2.76 bits per heavy atom. The van der Waals surface area contributed by atoms with Crippen LogP contribution in [0.15, 0.2) is 11.1 Å². The average molecular weight is 354 g/mol. The summed E-state index contributed by atoms with van der Waals surface area (Å²) in [6, 6.07) is 0. The number of ether oxygens (including phenoxy) is 1. The molecule has 0 bridgehead atoms. The number of aromatic nitrogens is 4. The maximum absolute atomic E-state index is 12.9. The predicted molar refractivity (Wildman–Crippen MR) is 88.2 cm³/mol. The van der Waals surface area contributed by atoms with Gasteiger partial charge in [0.25, 0.3) is 5.56 Å². The van der Waals surface area contributed by atoms with Gasteiger partial charge in [-0.1, -0.05) is 6.92 Å². The zero-order valence-electron chi connectivity index (χ0n) is 14.5. The Morgan fingerprint density at radius 2 is 2.20 bits per heavy atom. The smallest absolute Gasteiger partial charge is 0.352 e. The first-order chi connectivity index (χ1) is 11.7. The number of anilines is 1. The molecule has 0 aliphatic rings. The third-order valence-electron chi connectivity index (χ3n) is 3.65. The van der Waals surface area contributed by atoms with Gasteiger partial charge in [0.1, 0.15) is 5.60 Å². The molecule has 0 saturated carbocycles. The van der Waals surface area contributed by atoms with E-state index in [0.717, 1.165) is 0 Å². The molecular formula is C14H22N6O5. The molecule has 0 radical (unpaired) electrons. The molecule has 5 N–H and O–H groups in total. The molecule has 2 rings (SSSR count). The number of hydroxylamine groups is 1. The highest BCUT2D eigenvalue weighted by molar-refractivity contribution is 5.83. The van der Waals surface area contributed by atoms with Crippen molar-refractivity contribution in [2.75, 3.05) is 19.5 Å². The number of fused-ring (bicyclic) bond motifs is 1. The highest BCUT2D eigenvalue weighted by atomic mass is 16.6. The summed E-state index contributed by atoms with van der Waals surface area (Å²) in [5, 5.41) is 10.8. The molecule has 25 heavy (non-hydrogen) atoms. The van der Waals surface area contributed by atoms with E-state index < -0.39 is 22.8 Å². The summed E-state index contributed by atoms with van der Waals surface area (Å²) in [7, 11) is 1.28. The molecular weight excluding hydrogens is 332 g/mol. The van der Waals surface area contributed by atoms with Crippen LogP contribution in [0.5, 0.6) is 0 Å². The van der Waals surface area contributed by atoms with Crippen molar-refractivity contribution in [1.29, 1.82) is 0 Å².